The minimum Gasteiger partial charge on any atom is -0.465 e. The SMILES string of the molecule is CCCCCCCCOC(=O)[C@@H]1C[C@H]2C[C@@](F)(CCC(C)=NC)CC[C@H]2CN1. The van der Waals surface area contributed by atoms with Crippen molar-refractivity contribution in [2.45, 2.75) is 103 Å². The molecule has 0 aromatic carbocycles. The van der Waals surface area contributed by atoms with Crippen LogP contribution < -0.4 is 5.32 Å². The molecule has 2 fully saturated rings. The molecule has 1 N–H and O–H groups in total. The largest absolute Gasteiger partial charge is 0.465 e. The highest BCUT2D eigenvalue weighted by Crippen LogP contribution is 2.44. The van der Waals surface area contributed by atoms with Crippen LogP contribution in [0, 0.1) is 11.8 Å². The molecule has 0 bridgehead atoms. The highest BCUT2D eigenvalue weighted by molar-refractivity contribution is 5.81. The van der Waals surface area contributed by atoms with Gasteiger partial charge in [0.25, 0.3) is 0 Å². The van der Waals surface area contributed by atoms with Crippen LogP contribution in [0.5, 0.6) is 0 Å². The zero-order valence-electron chi connectivity index (χ0n) is 18.3. The van der Waals surface area contributed by atoms with E-state index < -0.39 is 5.67 Å². The molecule has 4 atom stereocenters. The Labute approximate surface area is 171 Å². The van der Waals surface area contributed by atoms with Gasteiger partial charge in [0.1, 0.15) is 11.7 Å². The van der Waals surface area contributed by atoms with Crippen LogP contribution in [0.1, 0.15) is 90.9 Å². The molecule has 28 heavy (non-hydrogen) atoms. The Balaban J connectivity index is 1.72. The van der Waals surface area contributed by atoms with Gasteiger partial charge in [0, 0.05) is 12.8 Å². The van der Waals surface area contributed by atoms with E-state index in [4.69, 9.17) is 4.74 Å². The van der Waals surface area contributed by atoms with E-state index in [1.54, 1.807) is 7.05 Å². The van der Waals surface area contributed by atoms with E-state index in [1.807, 2.05) is 6.92 Å². The van der Waals surface area contributed by atoms with Crippen molar-refractivity contribution in [2.24, 2.45) is 16.8 Å². The Hall–Kier alpha value is -0.970. The first-order valence-corrected chi connectivity index (χ1v) is 11.5. The fourth-order valence-electron chi connectivity index (χ4n) is 4.72. The molecule has 2 aliphatic rings. The van der Waals surface area contributed by atoms with Crippen molar-refractivity contribution in [1.29, 1.82) is 0 Å². The summed E-state index contributed by atoms with van der Waals surface area (Å²) in [5, 5.41) is 3.36. The minimum atomic E-state index is -1.10. The third-order valence-electron chi connectivity index (χ3n) is 6.77. The van der Waals surface area contributed by atoms with Gasteiger partial charge in [-0.05, 0) is 70.3 Å². The van der Waals surface area contributed by atoms with Crippen LogP contribution in [0.4, 0.5) is 4.39 Å². The predicted octanol–water partition coefficient (Wildman–Crippen LogP) is 5.25. The Morgan fingerprint density at radius 3 is 2.71 bits per heavy atom. The number of alkyl halides is 1. The van der Waals surface area contributed by atoms with Crippen molar-refractivity contribution in [1.82, 2.24) is 5.32 Å². The number of aliphatic imine (C=N–C) groups is 1. The smallest absolute Gasteiger partial charge is 0.323 e. The second-order valence-corrected chi connectivity index (χ2v) is 9.00. The van der Waals surface area contributed by atoms with Crippen molar-refractivity contribution in [3.63, 3.8) is 0 Å². The van der Waals surface area contributed by atoms with E-state index in [0.717, 1.165) is 37.9 Å². The lowest BCUT2D eigenvalue weighted by Gasteiger charge is -2.44. The average molecular weight is 397 g/mol. The van der Waals surface area contributed by atoms with Gasteiger partial charge < -0.3 is 10.1 Å². The molecule has 1 aliphatic carbocycles. The number of halogens is 1. The van der Waals surface area contributed by atoms with Crippen molar-refractivity contribution in [3.8, 4) is 0 Å². The number of hydrogen-bond donors (Lipinski definition) is 1. The summed E-state index contributed by atoms with van der Waals surface area (Å²) in [4.78, 5) is 16.6. The lowest BCUT2D eigenvalue weighted by molar-refractivity contribution is -0.148. The van der Waals surface area contributed by atoms with Crippen LogP contribution in [0.25, 0.3) is 0 Å². The molecule has 2 rings (SSSR count). The van der Waals surface area contributed by atoms with Gasteiger partial charge in [-0.1, -0.05) is 39.0 Å². The molecule has 1 aliphatic heterocycles. The third kappa shape index (κ3) is 7.46. The molecule has 162 valence electrons. The standard InChI is InChI=1S/C23H41FN2O2/c1-4-5-6-7-8-9-14-28-22(27)21-15-20-16-23(24,12-10-18(2)25-3)13-11-19(20)17-26-21/h19-21,26H,4-17H2,1-3H3/t19-,20-,21-,23+/m0/s1. The maximum atomic E-state index is 15.4. The Morgan fingerprint density at radius 2 is 1.96 bits per heavy atom. The number of fused-ring (bicyclic) bond motifs is 1. The number of esters is 1. The van der Waals surface area contributed by atoms with Gasteiger partial charge in [-0.2, -0.15) is 0 Å². The van der Waals surface area contributed by atoms with E-state index in [1.165, 1.54) is 25.7 Å². The molecular formula is C23H41FN2O2. The molecule has 5 heteroatoms. The topological polar surface area (TPSA) is 50.7 Å². The zero-order chi connectivity index (χ0) is 20.4. The fraction of sp³-hybridized carbons (Fsp3) is 0.913. The molecule has 0 aromatic heterocycles. The van der Waals surface area contributed by atoms with Gasteiger partial charge >= 0.3 is 5.97 Å². The first-order valence-electron chi connectivity index (χ1n) is 11.5. The monoisotopic (exact) mass is 396 g/mol. The number of nitrogens with zero attached hydrogens (tertiary/aromatic N) is 1. The van der Waals surface area contributed by atoms with E-state index in [2.05, 4.69) is 17.2 Å². The van der Waals surface area contributed by atoms with Crippen molar-refractivity contribution in [2.75, 3.05) is 20.2 Å². The summed E-state index contributed by atoms with van der Waals surface area (Å²) in [7, 11) is 1.77. The molecular weight excluding hydrogens is 355 g/mol. The number of rotatable bonds is 11. The van der Waals surface area contributed by atoms with Gasteiger partial charge in [-0.25, -0.2) is 4.39 Å². The average Bonchev–Trinajstić information content (AvgIpc) is 2.70. The van der Waals surface area contributed by atoms with Crippen molar-refractivity contribution >= 4 is 11.7 Å². The number of piperidine rings is 1. The fourth-order valence-corrected chi connectivity index (χ4v) is 4.72. The van der Waals surface area contributed by atoms with E-state index in [-0.39, 0.29) is 17.9 Å². The van der Waals surface area contributed by atoms with Gasteiger partial charge in [-0.15, -0.1) is 0 Å². The summed E-state index contributed by atoms with van der Waals surface area (Å²) >= 11 is 0. The molecule has 0 amide bonds. The van der Waals surface area contributed by atoms with Crippen LogP contribution in [-0.2, 0) is 9.53 Å². The summed E-state index contributed by atoms with van der Waals surface area (Å²) < 4.78 is 20.9. The second-order valence-electron chi connectivity index (χ2n) is 9.00. The normalized spacial score (nSPS) is 30.7. The molecule has 1 heterocycles. The quantitative estimate of drug-likeness (QED) is 0.295. The maximum Gasteiger partial charge on any atom is 0.323 e. The maximum absolute atomic E-state index is 15.4. The van der Waals surface area contributed by atoms with Gasteiger partial charge in [0.2, 0.25) is 0 Å². The summed E-state index contributed by atoms with van der Waals surface area (Å²) in [5.74, 6) is 0.633. The van der Waals surface area contributed by atoms with Crippen LogP contribution in [0.15, 0.2) is 4.99 Å². The molecule has 0 unspecified atom stereocenters. The molecule has 4 nitrogen and oxygen atoms in total. The summed E-state index contributed by atoms with van der Waals surface area (Å²) in [6.07, 6.45) is 11.2. The Morgan fingerprint density at radius 1 is 1.21 bits per heavy atom. The summed E-state index contributed by atoms with van der Waals surface area (Å²) in [5.41, 5.74) is -0.0853. The van der Waals surface area contributed by atoms with E-state index >= 15 is 4.39 Å². The van der Waals surface area contributed by atoms with Crippen molar-refractivity contribution < 1.29 is 13.9 Å². The third-order valence-corrected chi connectivity index (χ3v) is 6.77. The van der Waals surface area contributed by atoms with Crippen molar-refractivity contribution in [3.05, 3.63) is 0 Å². The minimum absolute atomic E-state index is 0.143. The molecule has 0 spiro atoms. The van der Waals surface area contributed by atoms with Gasteiger partial charge in [0.05, 0.1) is 6.61 Å². The first-order chi connectivity index (χ1) is 13.5. The highest BCUT2D eigenvalue weighted by atomic mass is 19.1. The second kappa shape index (κ2) is 11.9. The summed E-state index contributed by atoms with van der Waals surface area (Å²) in [6, 6.07) is -0.261. The predicted molar refractivity (Wildman–Crippen MR) is 114 cm³/mol. The number of unbranched alkanes of at least 4 members (excludes halogenated alkanes) is 5. The lowest BCUT2D eigenvalue weighted by Crippen LogP contribution is -2.52. The number of nitrogens with one attached hydrogen (secondary N) is 1. The van der Waals surface area contributed by atoms with E-state index in [0.29, 0.717) is 38.2 Å². The number of ether oxygens (including phenoxy) is 1. The lowest BCUT2D eigenvalue weighted by atomic mass is 9.67. The Bertz CT molecular complexity index is 511. The van der Waals surface area contributed by atoms with Gasteiger partial charge in [0.15, 0.2) is 0 Å². The zero-order valence-corrected chi connectivity index (χ0v) is 18.3. The highest BCUT2D eigenvalue weighted by Gasteiger charge is 2.44. The van der Waals surface area contributed by atoms with Crippen LogP contribution in [0.2, 0.25) is 0 Å². The van der Waals surface area contributed by atoms with Crippen LogP contribution in [0.3, 0.4) is 0 Å². The van der Waals surface area contributed by atoms with E-state index in [9.17, 15) is 4.79 Å². The molecule has 0 aromatic rings. The number of carbonyl (C=O) groups excluding carboxylic acids is 1. The summed E-state index contributed by atoms with van der Waals surface area (Å²) in [6.45, 7) is 5.51. The molecule has 1 saturated carbocycles. The molecule has 0 radical (unpaired) electrons. The molecule has 1 saturated heterocycles. The number of hydrogen-bond acceptors (Lipinski definition) is 4. The van der Waals surface area contributed by atoms with Gasteiger partial charge in [-0.3, -0.25) is 9.79 Å². The Kier molecular flexibility index (Phi) is 9.90. The van der Waals surface area contributed by atoms with Crippen LogP contribution >= 0.6 is 0 Å². The number of carbonyl (C=O) groups is 1. The first kappa shape index (κ1) is 23.3. The van der Waals surface area contributed by atoms with Crippen LogP contribution in [-0.4, -0.2) is 43.6 Å².